The molecule has 2 fully saturated rings. The summed E-state index contributed by atoms with van der Waals surface area (Å²) in [6.45, 7) is 4.32. The predicted molar refractivity (Wildman–Crippen MR) is 101 cm³/mol. The number of alkyl halides is 2. The third-order valence-electron chi connectivity index (χ3n) is 5.51. The number of ether oxygens (including phenoxy) is 2. The van der Waals surface area contributed by atoms with Crippen molar-refractivity contribution < 1.29 is 18.3 Å². The Morgan fingerprint density at radius 3 is 2.66 bits per heavy atom. The van der Waals surface area contributed by atoms with Gasteiger partial charge in [-0.15, -0.1) is 0 Å². The minimum absolute atomic E-state index is 0.122. The molecular weight excluding hydrogens is 384 g/mol. The highest BCUT2D eigenvalue weighted by Crippen LogP contribution is 2.41. The third kappa shape index (κ3) is 3.23. The molecule has 5 rings (SSSR count). The normalized spacial score (nSPS) is 21.4. The fourth-order valence-corrected chi connectivity index (χ4v) is 4.11. The second-order valence-electron chi connectivity index (χ2n) is 7.23. The molecule has 9 nitrogen and oxygen atoms in total. The minimum Gasteiger partial charge on any atom is -0.378 e. The van der Waals surface area contributed by atoms with Gasteiger partial charge in [0.25, 0.3) is 6.43 Å². The van der Waals surface area contributed by atoms with Crippen molar-refractivity contribution in [2.24, 2.45) is 0 Å². The molecule has 0 radical (unpaired) electrons. The average Bonchev–Trinajstić information content (AvgIpc) is 3.12. The van der Waals surface area contributed by atoms with Crippen molar-refractivity contribution >= 4 is 17.7 Å². The van der Waals surface area contributed by atoms with Crippen LogP contribution in [0, 0.1) is 0 Å². The fraction of sp³-hybridized carbons (Fsp3) is 0.556. The van der Waals surface area contributed by atoms with Gasteiger partial charge < -0.3 is 25.0 Å². The van der Waals surface area contributed by atoms with Crippen LogP contribution >= 0.6 is 0 Å². The first-order chi connectivity index (χ1) is 14.1. The second kappa shape index (κ2) is 7.30. The van der Waals surface area contributed by atoms with E-state index in [1.165, 1.54) is 6.20 Å². The van der Waals surface area contributed by atoms with Crippen LogP contribution in [-0.4, -0.2) is 72.0 Å². The number of halogens is 2. The lowest BCUT2D eigenvalue weighted by molar-refractivity contribution is 0.0974. The van der Waals surface area contributed by atoms with Gasteiger partial charge in [0.2, 0.25) is 11.9 Å². The molecule has 5 heterocycles. The van der Waals surface area contributed by atoms with Gasteiger partial charge in [0.1, 0.15) is 11.5 Å². The molecule has 0 amide bonds. The second-order valence-corrected chi connectivity index (χ2v) is 7.23. The van der Waals surface area contributed by atoms with Gasteiger partial charge >= 0.3 is 0 Å². The highest BCUT2D eigenvalue weighted by atomic mass is 19.3. The average molecular weight is 405 g/mol. The van der Waals surface area contributed by atoms with Crippen molar-refractivity contribution in [3.63, 3.8) is 0 Å². The van der Waals surface area contributed by atoms with Crippen molar-refractivity contribution in [1.29, 1.82) is 0 Å². The van der Waals surface area contributed by atoms with Gasteiger partial charge in [-0.3, -0.25) is 0 Å². The third-order valence-corrected chi connectivity index (χ3v) is 5.51. The number of morpholine rings is 2. The van der Waals surface area contributed by atoms with Gasteiger partial charge in [0, 0.05) is 43.4 Å². The number of aromatic nitrogens is 4. The molecule has 3 aliphatic heterocycles. The SMILES string of the molecule is Nc1ncc(-c2nc(N3CCOCC3)nc3c2C[C@H]2COCCN32)c(C(F)F)n1. The van der Waals surface area contributed by atoms with Crippen molar-refractivity contribution in [3.8, 4) is 11.3 Å². The van der Waals surface area contributed by atoms with E-state index in [0.29, 0.717) is 64.1 Å². The summed E-state index contributed by atoms with van der Waals surface area (Å²) in [6, 6.07) is 0.122. The molecule has 3 aliphatic rings. The molecule has 2 N–H and O–H groups in total. The maximum Gasteiger partial charge on any atom is 0.281 e. The van der Waals surface area contributed by atoms with Gasteiger partial charge in [0.15, 0.2) is 0 Å². The Morgan fingerprint density at radius 2 is 1.86 bits per heavy atom. The molecule has 11 heteroatoms. The summed E-state index contributed by atoms with van der Waals surface area (Å²) >= 11 is 0. The molecular formula is C18H21F2N7O2. The van der Waals surface area contributed by atoms with Crippen LogP contribution in [0.5, 0.6) is 0 Å². The number of nitrogens with two attached hydrogens (primary N) is 1. The lowest BCUT2D eigenvalue weighted by Gasteiger charge is -2.32. The molecule has 2 saturated heterocycles. The Morgan fingerprint density at radius 1 is 1.07 bits per heavy atom. The maximum atomic E-state index is 13.7. The Balaban J connectivity index is 1.68. The van der Waals surface area contributed by atoms with Crippen LogP contribution in [0.3, 0.4) is 0 Å². The maximum absolute atomic E-state index is 13.7. The number of hydrogen-bond donors (Lipinski definition) is 1. The Hall–Kier alpha value is -2.66. The number of nitrogen functional groups attached to an aromatic ring is 1. The smallest absolute Gasteiger partial charge is 0.281 e. The van der Waals surface area contributed by atoms with E-state index < -0.39 is 12.1 Å². The van der Waals surface area contributed by atoms with Crippen LogP contribution in [0.4, 0.5) is 26.5 Å². The van der Waals surface area contributed by atoms with Crippen LogP contribution in [0.25, 0.3) is 11.3 Å². The highest BCUT2D eigenvalue weighted by molar-refractivity contribution is 5.75. The summed E-state index contributed by atoms with van der Waals surface area (Å²) in [5.74, 6) is 1.10. The monoisotopic (exact) mass is 405 g/mol. The largest absolute Gasteiger partial charge is 0.378 e. The zero-order valence-electron chi connectivity index (χ0n) is 15.7. The highest BCUT2D eigenvalue weighted by Gasteiger charge is 2.37. The van der Waals surface area contributed by atoms with Crippen molar-refractivity contribution in [2.75, 3.05) is 61.6 Å². The van der Waals surface area contributed by atoms with Gasteiger partial charge in [-0.25, -0.2) is 23.7 Å². The topological polar surface area (TPSA) is 103 Å². The lowest BCUT2D eigenvalue weighted by Crippen LogP contribution is -2.43. The molecule has 154 valence electrons. The van der Waals surface area contributed by atoms with E-state index in [1.54, 1.807) is 0 Å². The van der Waals surface area contributed by atoms with Crippen LogP contribution in [0.15, 0.2) is 6.20 Å². The first kappa shape index (κ1) is 18.4. The summed E-state index contributed by atoms with van der Waals surface area (Å²) in [4.78, 5) is 21.5. The summed E-state index contributed by atoms with van der Waals surface area (Å²) in [5, 5.41) is 0. The Labute approximate surface area is 165 Å². The molecule has 0 saturated carbocycles. The Kier molecular flexibility index (Phi) is 4.63. The molecule has 2 aromatic heterocycles. The summed E-state index contributed by atoms with van der Waals surface area (Å²) in [6.07, 6.45) is -0.829. The van der Waals surface area contributed by atoms with E-state index >= 15 is 0 Å². The van der Waals surface area contributed by atoms with E-state index in [0.717, 1.165) is 11.4 Å². The van der Waals surface area contributed by atoms with E-state index in [2.05, 4.69) is 14.9 Å². The van der Waals surface area contributed by atoms with Gasteiger partial charge in [0.05, 0.1) is 38.2 Å². The van der Waals surface area contributed by atoms with Crippen molar-refractivity contribution in [2.45, 2.75) is 18.9 Å². The first-order valence-corrected chi connectivity index (χ1v) is 9.60. The lowest BCUT2D eigenvalue weighted by atomic mass is 10.0. The molecule has 0 aliphatic carbocycles. The van der Waals surface area contributed by atoms with Gasteiger partial charge in [-0.2, -0.15) is 4.98 Å². The van der Waals surface area contributed by atoms with E-state index in [4.69, 9.17) is 25.2 Å². The van der Waals surface area contributed by atoms with Gasteiger partial charge in [-0.05, 0) is 0 Å². The summed E-state index contributed by atoms with van der Waals surface area (Å²) in [5.41, 5.74) is 6.62. The van der Waals surface area contributed by atoms with Crippen LogP contribution in [0.1, 0.15) is 17.7 Å². The number of hydrogen-bond acceptors (Lipinski definition) is 9. The summed E-state index contributed by atoms with van der Waals surface area (Å²) < 4.78 is 38.5. The zero-order valence-corrected chi connectivity index (χ0v) is 15.7. The number of fused-ring (bicyclic) bond motifs is 3. The minimum atomic E-state index is -2.79. The van der Waals surface area contributed by atoms with Crippen molar-refractivity contribution in [1.82, 2.24) is 19.9 Å². The van der Waals surface area contributed by atoms with Crippen LogP contribution in [-0.2, 0) is 15.9 Å². The quantitative estimate of drug-likeness (QED) is 0.803. The molecule has 0 bridgehead atoms. The first-order valence-electron chi connectivity index (χ1n) is 9.60. The molecule has 0 unspecified atom stereocenters. The molecule has 0 spiro atoms. The Bertz CT molecular complexity index is 923. The fourth-order valence-electron chi connectivity index (χ4n) is 4.11. The van der Waals surface area contributed by atoms with Crippen LogP contribution in [0.2, 0.25) is 0 Å². The molecule has 2 aromatic rings. The predicted octanol–water partition coefficient (Wildman–Crippen LogP) is 1.05. The van der Waals surface area contributed by atoms with Gasteiger partial charge in [-0.1, -0.05) is 0 Å². The van der Waals surface area contributed by atoms with E-state index in [1.807, 2.05) is 4.90 Å². The van der Waals surface area contributed by atoms with E-state index in [-0.39, 0.29) is 17.6 Å². The van der Waals surface area contributed by atoms with E-state index in [9.17, 15) is 8.78 Å². The molecule has 29 heavy (non-hydrogen) atoms. The number of rotatable bonds is 3. The van der Waals surface area contributed by atoms with Crippen molar-refractivity contribution in [3.05, 3.63) is 17.5 Å². The summed E-state index contributed by atoms with van der Waals surface area (Å²) in [7, 11) is 0. The number of anilines is 3. The molecule has 0 aromatic carbocycles. The standard InChI is InChI=1S/C18H21F2N7O2/c19-15(20)14-12(8-22-17(21)23-14)13-11-7-10-9-29-6-3-27(10)16(11)25-18(24-13)26-1-4-28-5-2-26/h8,10,15H,1-7,9H2,(H2,21,22,23)/t10-/m0/s1. The molecule has 1 atom stereocenters. The van der Waals surface area contributed by atoms with Crippen LogP contribution < -0.4 is 15.5 Å². The zero-order chi connectivity index (χ0) is 20.0. The number of nitrogens with zero attached hydrogens (tertiary/aromatic N) is 6.